The maximum atomic E-state index is 11.9. The Kier molecular flexibility index (Phi) is 23.5. The van der Waals surface area contributed by atoms with Gasteiger partial charge < -0.3 is 25.2 Å². The molecular formula is C16H38N2O11P2. The minimum atomic E-state index is -4.47. The van der Waals surface area contributed by atoms with Crippen LogP contribution in [0, 0.1) is 0 Å². The van der Waals surface area contributed by atoms with Gasteiger partial charge in [-0.2, -0.15) is 0 Å². The summed E-state index contributed by atoms with van der Waals surface area (Å²) in [6.07, 6.45) is -0.990. The Bertz CT molecular complexity index is 546. The maximum Gasteiger partial charge on any atom is 0.472 e. The fourth-order valence-corrected chi connectivity index (χ4v) is 2.76. The zero-order chi connectivity index (χ0) is 24.9. The summed E-state index contributed by atoms with van der Waals surface area (Å²) in [5.74, 6) is -0.756. The number of rotatable bonds is 15. The second-order valence-electron chi connectivity index (χ2n) is 5.00. The van der Waals surface area contributed by atoms with Crippen molar-refractivity contribution >= 4 is 27.5 Å². The highest BCUT2D eigenvalue weighted by Gasteiger charge is 2.27. The van der Waals surface area contributed by atoms with Crippen LogP contribution in [-0.4, -0.2) is 74.3 Å². The minimum Gasteiger partial charge on any atom is -0.377 e. The van der Waals surface area contributed by atoms with Crippen LogP contribution < -0.4 is 10.6 Å². The molecule has 2 amide bonds. The van der Waals surface area contributed by atoms with Gasteiger partial charge in [-0.1, -0.05) is 27.7 Å². The van der Waals surface area contributed by atoms with Crippen molar-refractivity contribution in [2.75, 3.05) is 46.6 Å². The smallest absolute Gasteiger partial charge is 0.377 e. The van der Waals surface area contributed by atoms with Crippen molar-refractivity contribution in [2.45, 2.75) is 47.6 Å². The number of hydrogen-bond acceptors (Lipinski definition) is 9. The third-order valence-corrected chi connectivity index (χ3v) is 4.68. The molecule has 31 heavy (non-hydrogen) atoms. The molecule has 0 radical (unpaired) electrons. The zero-order valence-electron chi connectivity index (χ0n) is 19.3. The molecule has 0 saturated carbocycles. The van der Waals surface area contributed by atoms with E-state index in [4.69, 9.17) is 18.7 Å². The van der Waals surface area contributed by atoms with Crippen LogP contribution in [0.1, 0.15) is 41.5 Å². The van der Waals surface area contributed by atoms with Crippen LogP contribution in [0.5, 0.6) is 0 Å². The van der Waals surface area contributed by atoms with Gasteiger partial charge in [0.25, 0.3) is 0 Å². The molecule has 0 bridgehead atoms. The molecular weight excluding hydrogens is 458 g/mol. The Morgan fingerprint density at radius 3 is 1.55 bits per heavy atom. The molecule has 0 aliphatic heterocycles. The first-order valence-electron chi connectivity index (χ1n) is 9.73. The molecule has 15 heteroatoms. The maximum absolute atomic E-state index is 11.9. The second kappa shape index (κ2) is 21.0. The molecule has 0 spiro atoms. The van der Waals surface area contributed by atoms with Crippen LogP contribution in [0.2, 0.25) is 0 Å². The largest absolute Gasteiger partial charge is 0.472 e. The molecule has 0 heterocycles. The Morgan fingerprint density at radius 2 is 1.19 bits per heavy atom. The highest BCUT2D eigenvalue weighted by Crippen LogP contribution is 2.44. The van der Waals surface area contributed by atoms with Gasteiger partial charge >= 0.3 is 15.6 Å². The molecule has 4 N–H and O–H groups in total. The van der Waals surface area contributed by atoms with Crippen LogP contribution in [0.3, 0.4) is 0 Å². The van der Waals surface area contributed by atoms with E-state index >= 15 is 0 Å². The summed E-state index contributed by atoms with van der Waals surface area (Å²) >= 11 is 0. The van der Waals surface area contributed by atoms with Gasteiger partial charge in [-0.05, 0) is 0 Å². The van der Waals surface area contributed by atoms with E-state index in [1.807, 2.05) is 27.7 Å². The lowest BCUT2D eigenvalue weighted by Crippen LogP contribution is -2.40. The third kappa shape index (κ3) is 25.3. The summed E-state index contributed by atoms with van der Waals surface area (Å²) in [6.45, 7) is 9.54. The normalized spacial score (nSPS) is 14.1. The van der Waals surface area contributed by atoms with Crippen molar-refractivity contribution in [1.29, 1.82) is 0 Å². The van der Waals surface area contributed by atoms with Gasteiger partial charge in [-0.3, -0.25) is 27.7 Å². The molecule has 0 rings (SSSR count). The molecule has 2 unspecified atom stereocenters. The van der Waals surface area contributed by atoms with E-state index in [1.54, 1.807) is 0 Å². The quantitative estimate of drug-likeness (QED) is 0.191. The number of carbonyl (C=O) groups is 2. The number of hydrogen-bond donors (Lipinski definition) is 4. The summed E-state index contributed by atoms with van der Waals surface area (Å²) in [6, 6.07) is 0. The topological polar surface area (TPSA) is 179 Å². The minimum absolute atomic E-state index is 0.0818. The highest BCUT2D eigenvalue weighted by molar-refractivity contribution is 7.47. The van der Waals surface area contributed by atoms with Crippen LogP contribution in [0.25, 0.3) is 0 Å². The molecule has 0 fully saturated rings. The first-order chi connectivity index (χ1) is 14.5. The molecule has 0 saturated heterocycles. The fourth-order valence-electron chi connectivity index (χ4n) is 1.46. The monoisotopic (exact) mass is 496 g/mol. The molecule has 0 aliphatic carbocycles. The summed E-state index contributed by atoms with van der Waals surface area (Å²) in [5.41, 5.74) is 0. The second-order valence-corrected chi connectivity index (χ2v) is 7.97. The van der Waals surface area contributed by atoms with E-state index in [9.17, 15) is 23.6 Å². The molecule has 0 aromatic heterocycles. The van der Waals surface area contributed by atoms with Gasteiger partial charge in [0, 0.05) is 34.0 Å². The van der Waals surface area contributed by atoms with Crippen LogP contribution >= 0.6 is 15.6 Å². The molecule has 188 valence electrons. The van der Waals surface area contributed by atoms with Crippen molar-refractivity contribution in [1.82, 2.24) is 10.6 Å². The number of carbonyl (C=O) groups excluding carboxylic acids is 2. The SMILES string of the molecule is CC.CC.COP(=O)(O)OCCOCCOP(=O)(O)OC(CNC(C)=O)CNC(C)=O. The van der Waals surface area contributed by atoms with Gasteiger partial charge in [0.15, 0.2) is 0 Å². The van der Waals surface area contributed by atoms with Crippen LogP contribution in [0.4, 0.5) is 0 Å². The Labute approximate surface area is 184 Å². The van der Waals surface area contributed by atoms with Gasteiger partial charge in [0.2, 0.25) is 11.8 Å². The van der Waals surface area contributed by atoms with Crippen molar-refractivity contribution in [2.24, 2.45) is 0 Å². The van der Waals surface area contributed by atoms with E-state index in [-0.39, 0.29) is 51.3 Å². The van der Waals surface area contributed by atoms with E-state index in [2.05, 4.69) is 19.7 Å². The Balaban J connectivity index is -0.00000184. The van der Waals surface area contributed by atoms with Gasteiger partial charge in [0.05, 0.1) is 26.4 Å². The average molecular weight is 496 g/mol. The number of amides is 2. The molecule has 0 aliphatic rings. The Hall–Kier alpha value is -0.880. The summed E-state index contributed by atoms with van der Waals surface area (Å²) in [7, 11) is -7.54. The third-order valence-electron chi connectivity index (χ3n) is 2.63. The van der Waals surface area contributed by atoms with E-state index < -0.39 is 21.7 Å². The number of nitrogens with one attached hydrogen (secondary N) is 2. The first-order valence-corrected chi connectivity index (χ1v) is 12.7. The number of ether oxygens (including phenoxy) is 1. The van der Waals surface area contributed by atoms with E-state index in [0.29, 0.717) is 0 Å². The standard InChI is InChI=1S/C12H26N2O11P2.2C2H6/c1-10(15)13-8-12(9-14-11(2)16)25-27(19,20)24-7-5-22-4-6-23-26(17,18)21-3;2*1-2/h12H,4-9H2,1-3H3,(H,13,15)(H,14,16)(H,17,18)(H,19,20);2*1-2H3. The Morgan fingerprint density at radius 1 is 0.806 bits per heavy atom. The van der Waals surface area contributed by atoms with Gasteiger partial charge in [-0.15, -0.1) is 0 Å². The van der Waals surface area contributed by atoms with E-state index in [0.717, 1.165) is 7.11 Å². The molecule has 13 nitrogen and oxygen atoms in total. The van der Waals surface area contributed by atoms with Gasteiger partial charge in [0.1, 0.15) is 6.10 Å². The lowest BCUT2D eigenvalue weighted by Gasteiger charge is -2.21. The first kappa shape index (κ1) is 34.7. The predicted molar refractivity (Wildman–Crippen MR) is 114 cm³/mol. The molecule has 0 aromatic rings. The van der Waals surface area contributed by atoms with Crippen LogP contribution in [-0.2, 0) is 41.6 Å². The van der Waals surface area contributed by atoms with Crippen molar-refractivity contribution in [3.8, 4) is 0 Å². The van der Waals surface area contributed by atoms with Gasteiger partial charge in [-0.25, -0.2) is 9.13 Å². The zero-order valence-corrected chi connectivity index (χ0v) is 21.1. The summed E-state index contributed by atoms with van der Waals surface area (Å²) in [5, 5.41) is 4.81. The lowest BCUT2D eigenvalue weighted by atomic mass is 10.3. The number of phosphoric ester groups is 2. The lowest BCUT2D eigenvalue weighted by molar-refractivity contribution is -0.119. The fraction of sp³-hybridized carbons (Fsp3) is 0.875. The predicted octanol–water partition coefficient (Wildman–Crippen LogP) is 1.59. The summed E-state index contributed by atoms with van der Waals surface area (Å²) < 4.78 is 46.2. The average Bonchev–Trinajstić information content (AvgIpc) is 2.72. The van der Waals surface area contributed by atoms with E-state index in [1.165, 1.54) is 13.8 Å². The number of phosphoric acid groups is 2. The van der Waals surface area contributed by atoms with Crippen molar-refractivity contribution in [3.05, 3.63) is 0 Å². The molecule has 0 aromatic carbocycles. The summed E-state index contributed by atoms with van der Waals surface area (Å²) in [4.78, 5) is 40.5. The molecule has 2 atom stereocenters. The van der Waals surface area contributed by atoms with Crippen molar-refractivity contribution in [3.63, 3.8) is 0 Å². The highest BCUT2D eigenvalue weighted by atomic mass is 31.2. The van der Waals surface area contributed by atoms with Crippen LogP contribution in [0.15, 0.2) is 0 Å². The van der Waals surface area contributed by atoms with Crippen molar-refractivity contribution < 1.29 is 51.3 Å².